The molecule has 1 aliphatic carbocycles. The fourth-order valence-electron chi connectivity index (χ4n) is 2.13. The number of primary amides is 1. The molecule has 5 heteroatoms. The molecule has 0 heterocycles. The highest BCUT2D eigenvalue weighted by Crippen LogP contribution is 2.51. The highest BCUT2D eigenvalue weighted by Gasteiger charge is 2.44. The molecule has 0 aliphatic heterocycles. The maximum absolute atomic E-state index is 11.3. The lowest BCUT2D eigenvalue weighted by Gasteiger charge is -2.12. The lowest BCUT2D eigenvalue weighted by molar-refractivity contribution is -0.138. The van der Waals surface area contributed by atoms with Crippen molar-refractivity contribution in [1.82, 2.24) is 0 Å². The first-order valence-electron chi connectivity index (χ1n) is 6.20. The number of carboxylic acid groups (broad SMARTS) is 1. The van der Waals surface area contributed by atoms with E-state index in [2.05, 4.69) is 0 Å². The zero-order valence-electron chi connectivity index (χ0n) is 10.6. The van der Waals surface area contributed by atoms with E-state index in [4.69, 9.17) is 10.8 Å². The Kier molecular flexibility index (Phi) is 4.14. The SMILES string of the molecule is NC(=O)c1ccccc1CSCC1(CC(=O)O)CC1. The van der Waals surface area contributed by atoms with Crippen molar-refractivity contribution in [2.45, 2.75) is 25.0 Å². The van der Waals surface area contributed by atoms with E-state index in [1.54, 1.807) is 23.9 Å². The van der Waals surface area contributed by atoms with Gasteiger partial charge in [0.1, 0.15) is 0 Å². The van der Waals surface area contributed by atoms with Crippen molar-refractivity contribution < 1.29 is 14.7 Å². The Morgan fingerprint density at radius 2 is 2.00 bits per heavy atom. The molecular formula is C14H17NO3S. The van der Waals surface area contributed by atoms with Crippen LogP contribution >= 0.6 is 11.8 Å². The third kappa shape index (κ3) is 3.73. The van der Waals surface area contributed by atoms with Gasteiger partial charge in [-0.05, 0) is 35.6 Å². The van der Waals surface area contributed by atoms with E-state index in [0.717, 1.165) is 24.2 Å². The van der Waals surface area contributed by atoms with Gasteiger partial charge in [-0.3, -0.25) is 9.59 Å². The molecule has 102 valence electrons. The van der Waals surface area contributed by atoms with Crippen LogP contribution in [0.1, 0.15) is 35.2 Å². The van der Waals surface area contributed by atoms with Gasteiger partial charge in [-0.15, -0.1) is 0 Å². The van der Waals surface area contributed by atoms with Crippen molar-refractivity contribution in [3.8, 4) is 0 Å². The van der Waals surface area contributed by atoms with Gasteiger partial charge in [-0.25, -0.2) is 0 Å². The molecule has 1 aromatic carbocycles. The van der Waals surface area contributed by atoms with Gasteiger partial charge in [-0.1, -0.05) is 18.2 Å². The number of benzene rings is 1. The minimum absolute atomic E-state index is 0.0157. The molecule has 0 aromatic heterocycles. The number of aliphatic carboxylic acids is 1. The molecule has 0 radical (unpaired) electrons. The quantitative estimate of drug-likeness (QED) is 0.802. The Morgan fingerprint density at radius 3 is 2.58 bits per heavy atom. The van der Waals surface area contributed by atoms with Gasteiger partial charge < -0.3 is 10.8 Å². The summed E-state index contributed by atoms with van der Waals surface area (Å²) in [5.41, 5.74) is 6.78. The molecule has 0 unspecified atom stereocenters. The van der Waals surface area contributed by atoms with Crippen LogP contribution in [0.4, 0.5) is 0 Å². The van der Waals surface area contributed by atoms with E-state index in [9.17, 15) is 9.59 Å². The molecular weight excluding hydrogens is 262 g/mol. The Labute approximate surface area is 116 Å². The first-order chi connectivity index (χ1) is 9.02. The summed E-state index contributed by atoms with van der Waals surface area (Å²) in [4.78, 5) is 22.0. The molecule has 0 bridgehead atoms. The topological polar surface area (TPSA) is 80.4 Å². The van der Waals surface area contributed by atoms with Gasteiger partial charge >= 0.3 is 5.97 Å². The first-order valence-corrected chi connectivity index (χ1v) is 7.35. The van der Waals surface area contributed by atoms with Crippen LogP contribution < -0.4 is 5.73 Å². The number of amides is 1. The normalized spacial score (nSPS) is 16.0. The molecule has 1 fully saturated rings. The van der Waals surface area contributed by atoms with Gasteiger partial charge in [0.25, 0.3) is 0 Å². The number of nitrogens with two attached hydrogens (primary N) is 1. The van der Waals surface area contributed by atoms with E-state index in [0.29, 0.717) is 11.3 Å². The second-order valence-electron chi connectivity index (χ2n) is 5.08. The third-order valence-corrected chi connectivity index (χ3v) is 4.76. The summed E-state index contributed by atoms with van der Waals surface area (Å²) in [6.45, 7) is 0. The van der Waals surface area contributed by atoms with Gasteiger partial charge in [0.05, 0.1) is 6.42 Å². The third-order valence-electron chi connectivity index (χ3n) is 3.43. The second kappa shape index (κ2) is 5.65. The van der Waals surface area contributed by atoms with Crippen molar-refractivity contribution >= 4 is 23.6 Å². The predicted molar refractivity (Wildman–Crippen MR) is 75.0 cm³/mol. The van der Waals surface area contributed by atoms with E-state index in [1.807, 2.05) is 12.1 Å². The minimum Gasteiger partial charge on any atom is -0.481 e. The molecule has 0 saturated heterocycles. The number of thioether (sulfide) groups is 1. The van der Waals surface area contributed by atoms with Crippen LogP contribution in [0.15, 0.2) is 24.3 Å². The van der Waals surface area contributed by atoms with E-state index in [-0.39, 0.29) is 11.8 Å². The molecule has 4 nitrogen and oxygen atoms in total. The summed E-state index contributed by atoms with van der Waals surface area (Å²) >= 11 is 1.68. The van der Waals surface area contributed by atoms with Crippen molar-refractivity contribution in [2.24, 2.45) is 11.1 Å². The van der Waals surface area contributed by atoms with E-state index < -0.39 is 11.9 Å². The average Bonchev–Trinajstić information content (AvgIpc) is 3.08. The maximum Gasteiger partial charge on any atom is 0.303 e. The number of carbonyl (C=O) groups is 2. The summed E-state index contributed by atoms with van der Waals surface area (Å²) in [6, 6.07) is 7.29. The van der Waals surface area contributed by atoms with Gasteiger partial charge in [0.15, 0.2) is 0 Å². The van der Waals surface area contributed by atoms with Gasteiger partial charge in [-0.2, -0.15) is 11.8 Å². The van der Waals surface area contributed by atoms with E-state index >= 15 is 0 Å². The first kappa shape index (κ1) is 13.9. The molecule has 1 saturated carbocycles. The summed E-state index contributed by atoms with van der Waals surface area (Å²) < 4.78 is 0. The summed E-state index contributed by atoms with van der Waals surface area (Å²) in [6.07, 6.45) is 2.23. The van der Waals surface area contributed by atoms with Crippen molar-refractivity contribution in [2.75, 3.05) is 5.75 Å². The zero-order valence-corrected chi connectivity index (χ0v) is 11.4. The van der Waals surface area contributed by atoms with Crippen molar-refractivity contribution in [1.29, 1.82) is 0 Å². The largest absolute Gasteiger partial charge is 0.481 e. The van der Waals surface area contributed by atoms with Gasteiger partial charge in [0, 0.05) is 11.3 Å². The fraction of sp³-hybridized carbons (Fsp3) is 0.429. The standard InChI is InChI=1S/C14H17NO3S/c15-13(18)11-4-2-1-3-10(11)8-19-9-14(5-6-14)7-12(16)17/h1-4H,5-9H2,(H2,15,18)(H,16,17). The zero-order chi connectivity index (χ0) is 13.9. The Bertz CT molecular complexity index is 497. The molecule has 3 N–H and O–H groups in total. The smallest absolute Gasteiger partial charge is 0.303 e. The number of carboxylic acids is 1. The highest BCUT2D eigenvalue weighted by molar-refractivity contribution is 7.98. The second-order valence-corrected chi connectivity index (χ2v) is 6.07. The summed E-state index contributed by atoms with van der Waals surface area (Å²) in [5.74, 6) is 0.380. The Hall–Kier alpha value is -1.49. The molecule has 2 rings (SSSR count). The lowest BCUT2D eigenvalue weighted by Crippen LogP contribution is -2.14. The minimum atomic E-state index is -0.726. The number of carbonyl (C=O) groups excluding carboxylic acids is 1. The molecule has 1 aliphatic rings. The summed E-state index contributed by atoms with van der Waals surface area (Å²) in [5, 5.41) is 8.85. The number of hydrogen-bond acceptors (Lipinski definition) is 3. The fourth-order valence-corrected chi connectivity index (χ4v) is 3.53. The van der Waals surface area contributed by atoms with Gasteiger partial charge in [0.2, 0.25) is 5.91 Å². The van der Waals surface area contributed by atoms with Crippen LogP contribution in [0.3, 0.4) is 0 Å². The van der Waals surface area contributed by atoms with Crippen LogP contribution in [0.25, 0.3) is 0 Å². The number of hydrogen-bond donors (Lipinski definition) is 2. The molecule has 1 amide bonds. The van der Waals surface area contributed by atoms with Crippen LogP contribution in [-0.2, 0) is 10.5 Å². The van der Waals surface area contributed by atoms with Crippen molar-refractivity contribution in [3.63, 3.8) is 0 Å². The average molecular weight is 279 g/mol. The van der Waals surface area contributed by atoms with Crippen LogP contribution in [0.5, 0.6) is 0 Å². The Morgan fingerprint density at radius 1 is 1.32 bits per heavy atom. The van der Waals surface area contributed by atoms with Crippen LogP contribution in [0, 0.1) is 5.41 Å². The Balaban J connectivity index is 1.90. The predicted octanol–water partition coefficient (Wildman–Crippen LogP) is 2.27. The number of rotatable bonds is 7. The molecule has 0 spiro atoms. The molecule has 0 atom stereocenters. The van der Waals surface area contributed by atoms with E-state index in [1.165, 1.54) is 0 Å². The maximum atomic E-state index is 11.3. The highest BCUT2D eigenvalue weighted by atomic mass is 32.2. The van der Waals surface area contributed by atoms with Crippen LogP contribution in [-0.4, -0.2) is 22.7 Å². The van der Waals surface area contributed by atoms with Crippen molar-refractivity contribution in [3.05, 3.63) is 35.4 Å². The molecule has 19 heavy (non-hydrogen) atoms. The monoisotopic (exact) mass is 279 g/mol. The summed E-state index contributed by atoms with van der Waals surface area (Å²) in [7, 11) is 0. The molecule has 1 aromatic rings. The van der Waals surface area contributed by atoms with Crippen LogP contribution in [0.2, 0.25) is 0 Å². The lowest BCUT2D eigenvalue weighted by atomic mass is 10.1.